The summed E-state index contributed by atoms with van der Waals surface area (Å²) in [7, 11) is 5.88. The highest BCUT2D eigenvalue weighted by Crippen LogP contribution is 2.49. The van der Waals surface area contributed by atoms with Crippen molar-refractivity contribution in [2.45, 2.75) is 18.9 Å². The topological polar surface area (TPSA) is 97.1 Å². The second kappa shape index (κ2) is 7.90. The molecule has 0 amide bonds. The first-order valence-corrected chi connectivity index (χ1v) is 8.81. The smallest absolute Gasteiger partial charge is 0.341 e. The lowest BCUT2D eigenvalue weighted by molar-refractivity contribution is 0.0599. The van der Waals surface area contributed by atoms with E-state index < -0.39 is 11.4 Å². The molecule has 2 N–H and O–H groups in total. The molecule has 0 aliphatic heterocycles. The lowest BCUT2D eigenvalue weighted by Crippen LogP contribution is -2.15. The van der Waals surface area contributed by atoms with Gasteiger partial charge in [0.05, 0.1) is 28.4 Å². The SMILES string of the molecule is COC(=O)c1cc2c(ccc1=O)-c1c(cc(OC)c(OC)c1OC)CC[C@@H]2N. The molecule has 0 unspecified atom stereocenters. The third-order valence-electron chi connectivity index (χ3n) is 4.99. The minimum absolute atomic E-state index is 0.0536. The summed E-state index contributed by atoms with van der Waals surface area (Å²) in [6, 6.07) is 6.06. The van der Waals surface area contributed by atoms with Crippen LogP contribution < -0.4 is 25.4 Å². The highest BCUT2D eigenvalue weighted by Gasteiger charge is 2.28. The third kappa shape index (κ3) is 3.18. The molecule has 3 rings (SSSR count). The average molecular weight is 385 g/mol. The molecule has 1 aliphatic carbocycles. The molecule has 28 heavy (non-hydrogen) atoms. The Labute approximate surface area is 163 Å². The summed E-state index contributed by atoms with van der Waals surface area (Å²) >= 11 is 0. The van der Waals surface area contributed by atoms with Gasteiger partial charge in [-0.2, -0.15) is 0 Å². The number of ether oxygens (including phenoxy) is 4. The van der Waals surface area contributed by atoms with Crippen molar-refractivity contribution in [2.75, 3.05) is 28.4 Å². The van der Waals surface area contributed by atoms with Crippen LogP contribution in [0.25, 0.3) is 11.1 Å². The van der Waals surface area contributed by atoms with E-state index in [0.717, 1.165) is 11.1 Å². The van der Waals surface area contributed by atoms with Gasteiger partial charge in [0, 0.05) is 11.6 Å². The predicted molar refractivity (Wildman–Crippen MR) is 104 cm³/mol. The van der Waals surface area contributed by atoms with Crippen LogP contribution in [0.5, 0.6) is 17.2 Å². The summed E-state index contributed by atoms with van der Waals surface area (Å²) in [6.45, 7) is 0. The number of benzene rings is 1. The first kappa shape index (κ1) is 19.7. The van der Waals surface area contributed by atoms with E-state index in [4.69, 9.17) is 24.7 Å². The van der Waals surface area contributed by atoms with Gasteiger partial charge in [0.15, 0.2) is 16.9 Å². The van der Waals surface area contributed by atoms with E-state index in [-0.39, 0.29) is 11.6 Å². The fraction of sp³-hybridized carbons (Fsp3) is 0.333. The molecule has 0 fully saturated rings. The lowest BCUT2D eigenvalue weighted by Gasteiger charge is -2.19. The summed E-state index contributed by atoms with van der Waals surface area (Å²) in [4.78, 5) is 24.5. The largest absolute Gasteiger partial charge is 0.493 e. The van der Waals surface area contributed by atoms with Crippen LogP contribution in [0.2, 0.25) is 0 Å². The van der Waals surface area contributed by atoms with Crippen LogP contribution >= 0.6 is 0 Å². The van der Waals surface area contributed by atoms with E-state index >= 15 is 0 Å². The van der Waals surface area contributed by atoms with Crippen molar-refractivity contribution in [1.82, 2.24) is 0 Å². The molecule has 0 saturated heterocycles. The van der Waals surface area contributed by atoms with Crippen molar-refractivity contribution in [3.8, 4) is 28.4 Å². The third-order valence-corrected chi connectivity index (χ3v) is 4.99. The minimum Gasteiger partial charge on any atom is -0.493 e. The van der Waals surface area contributed by atoms with Crippen LogP contribution in [0.4, 0.5) is 0 Å². The Hall–Kier alpha value is -3.06. The molecule has 0 aromatic heterocycles. The van der Waals surface area contributed by atoms with Crippen LogP contribution in [-0.4, -0.2) is 34.4 Å². The maximum atomic E-state index is 12.4. The number of aryl methyl sites for hydroxylation is 1. The van der Waals surface area contributed by atoms with Gasteiger partial charge in [0.1, 0.15) is 5.56 Å². The summed E-state index contributed by atoms with van der Waals surface area (Å²) in [6.07, 6.45) is 1.29. The average Bonchev–Trinajstić information content (AvgIpc) is 2.96. The Morgan fingerprint density at radius 3 is 2.36 bits per heavy atom. The number of carbonyl (C=O) groups excluding carboxylic acids is 1. The Balaban J connectivity index is 2.43. The standard InChI is InChI=1S/C21H23NO6/c1-25-17-9-11-5-7-15(22)13-10-14(21(24)28-4)16(23)8-6-12(13)18(11)20(27-3)19(17)26-2/h6,8-10,15H,5,7,22H2,1-4H3/t15-/m0/s1. The second-order valence-corrected chi connectivity index (χ2v) is 6.44. The van der Waals surface area contributed by atoms with E-state index in [9.17, 15) is 9.59 Å². The van der Waals surface area contributed by atoms with Crippen molar-refractivity contribution < 1.29 is 23.7 Å². The monoisotopic (exact) mass is 385 g/mol. The van der Waals surface area contributed by atoms with Gasteiger partial charge in [-0.25, -0.2) is 4.79 Å². The van der Waals surface area contributed by atoms with Crippen molar-refractivity contribution in [2.24, 2.45) is 5.73 Å². The number of hydrogen-bond donors (Lipinski definition) is 1. The zero-order valence-corrected chi connectivity index (χ0v) is 16.3. The van der Waals surface area contributed by atoms with E-state index in [0.29, 0.717) is 41.2 Å². The molecule has 0 bridgehead atoms. The highest BCUT2D eigenvalue weighted by molar-refractivity contribution is 5.90. The first-order valence-electron chi connectivity index (χ1n) is 8.81. The van der Waals surface area contributed by atoms with E-state index in [1.54, 1.807) is 20.3 Å². The second-order valence-electron chi connectivity index (χ2n) is 6.44. The maximum absolute atomic E-state index is 12.4. The number of hydrogen-bond acceptors (Lipinski definition) is 7. The lowest BCUT2D eigenvalue weighted by atomic mass is 9.95. The van der Waals surface area contributed by atoms with Crippen LogP contribution in [0.3, 0.4) is 0 Å². The molecule has 148 valence electrons. The van der Waals surface area contributed by atoms with Gasteiger partial charge in [-0.15, -0.1) is 0 Å². The summed E-state index contributed by atoms with van der Waals surface area (Å²) in [5.41, 5.74) is 9.05. The Morgan fingerprint density at radius 2 is 1.75 bits per heavy atom. The van der Waals surface area contributed by atoms with E-state index in [2.05, 4.69) is 0 Å². The molecule has 1 atom stereocenters. The summed E-state index contributed by atoms with van der Waals surface area (Å²) in [5.74, 6) is 0.798. The molecule has 7 nitrogen and oxygen atoms in total. The van der Waals surface area contributed by atoms with Gasteiger partial charge < -0.3 is 24.7 Å². The molecule has 0 spiro atoms. The number of rotatable bonds is 4. The van der Waals surface area contributed by atoms with Gasteiger partial charge in [-0.05, 0) is 53.8 Å². The van der Waals surface area contributed by atoms with Gasteiger partial charge >= 0.3 is 5.97 Å². The Bertz CT molecular complexity index is 985. The molecule has 7 heteroatoms. The minimum atomic E-state index is -0.695. The van der Waals surface area contributed by atoms with Crippen molar-refractivity contribution >= 4 is 5.97 Å². The summed E-state index contributed by atoms with van der Waals surface area (Å²) in [5, 5.41) is 0. The van der Waals surface area contributed by atoms with Gasteiger partial charge in [-0.1, -0.05) is 0 Å². The van der Waals surface area contributed by atoms with Crippen LogP contribution in [-0.2, 0) is 11.2 Å². The Kier molecular flexibility index (Phi) is 5.56. The van der Waals surface area contributed by atoms with Crippen LogP contribution in [0.1, 0.15) is 33.9 Å². The van der Waals surface area contributed by atoms with Crippen LogP contribution in [0.15, 0.2) is 29.1 Å². The molecular weight excluding hydrogens is 362 g/mol. The van der Waals surface area contributed by atoms with Gasteiger partial charge in [0.2, 0.25) is 5.75 Å². The first-order chi connectivity index (χ1) is 13.5. The van der Waals surface area contributed by atoms with Gasteiger partial charge in [-0.3, -0.25) is 4.79 Å². The Morgan fingerprint density at radius 1 is 1.04 bits per heavy atom. The van der Waals surface area contributed by atoms with Crippen LogP contribution in [0, 0.1) is 0 Å². The zero-order valence-electron chi connectivity index (χ0n) is 16.3. The van der Waals surface area contributed by atoms with E-state index in [1.165, 1.54) is 26.4 Å². The normalized spacial score (nSPS) is 15.0. The molecule has 0 heterocycles. The van der Waals surface area contributed by atoms with E-state index in [1.807, 2.05) is 6.07 Å². The van der Waals surface area contributed by atoms with Crippen molar-refractivity contribution in [3.63, 3.8) is 0 Å². The molecular formula is C21H23NO6. The molecule has 2 aromatic carbocycles. The molecule has 0 saturated carbocycles. The van der Waals surface area contributed by atoms with Crippen molar-refractivity contribution in [1.29, 1.82) is 0 Å². The number of carbonyl (C=O) groups is 1. The van der Waals surface area contributed by atoms with Crippen molar-refractivity contribution in [3.05, 3.63) is 51.2 Å². The zero-order chi connectivity index (χ0) is 20.4. The highest BCUT2D eigenvalue weighted by atomic mass is 16.5. The maximum Gasteiger partial charge on any atom is 0.341 e. The fourth-order valence-corrected chi connectivity index (χ4v) is 3.62. The molecule has 2 aromatic rings. The number of esters is 1. The summed E-state index contributed by atoms with van der Waals surface area (Å²) < 4.78 is 21.4. The fourth-order valence-electron chi connectivity index (χ4n) is 3.62. The quantitative estimate of drug-likeness (QED) is 0.808. The van der Waals surface area contributed by atoms with Gasteiger partial charge in [0.25, 0.3) is 0 Å². The molecule has 0 radical (unpaired) electrons. The molecule has 1 aliphatic rings. The predicted octanol–water partition coefficient (Wildman–Crippen LogP) is 2.47. The number of methoxy groups -OCH3 is 4. The number of nitrogens with two attached hydrogens (primary N) is 1. The number of fused-ring (bicyclic) bond motifs is 3.